The maximum Gasteiger partial charge on any atom is 0.371 e. The summed E-state index contributed by atoms with van der Waals surface area (Å²) in [6.07, 6.45) is 4.78. The highest BCUT2D eigenvalue weighted by molar-refractivity contribution is 5.84. The molecule has 1 aromatic rings. The van der Waals surface area contributed by atoms with Gasteiger partial charge in [-0.25, -0.2) is 4.79 Å². The molecule has 1 unspecified atom stereocenters. The van der Waals surface area contributed by atoms with Gasteiger partial charge in [0.25, 0.3) is 0 Å². The zero-order valence-corrected chi connectivity index (χ0v) is 10.3. The second-order valence-corrected chi connectivity index (χ2v) is 5.40. The molecule has 2 rings (SSSR count). The SMILES string of the molecule is CC1(C)CCCCC1Nc1ccc(C(=O)O)o1. The predicted molar refractivity (Wildman–Crippen MR) is 65.3 cm³/mol. The van der Waals surface area contributed by atoms with Gasteiger partial charge in [-0.05, 0) is 24.3 Å². The van der Waals surface area contributed by atoms with E-state index in [2.05, 4.69) is 19.2 Å². The van der Waals surface area contributed by atoms with Crippen LogP contribution >= 0.6 is 0 Å². The Morgan fingerprint density at radius 2 is 2.24 bits per heavy atom. The van der Waals surface area contributed by atoms with E-state index in [1.807, 2.05) is 0 Å². The van der Waals surface area contributed by atoms with Crippen molar-refractivity contribution >= 4 is 11.9 Å². The third kappa shape index (κ3) is 2.62. The van der Waals surface area contributed by atoms with Gasteiger partial charge in [0.15, 0.2) is 5.88 Å². The van der Waals surface area contributed by atoms with Gasteiger partial charge in [0.2, 0.25) is 5.76 Å². The van der Waals surface area contributed by atoms with Crippen LogP contribution in [0.15, 0.2) is 16.5 Å². The number of hydrogen-bond donors (Lipinski definition) is 2. The van der Waals surface area contributed by atoms with Gasteiger partial charge in [-0.1, -0.05) is 26.7 Å². The van der Waals surface area contributed by atoms with Gasteiger partial charge in [0, 0.05) is 12.1 Å². The summed E-state index contributed by atoms with van der Waals surface area (Å²) in [5, 5.41) is 12.1. The van der Waals surface area contributed by atoms with E-state index in [4.69, 9.17) is 9.52 Å². The number of carboxylic acids is 1. The van der Waals surface area contributed by atoms with Crippen LogP contribution in [0.3, 0.4) is 0 Å². The summed E-state index contributed by atoms with van der Waals surface area (Å²) in [4.78, 5) is 10.7. The van der Waals surface area contributed by atoms with Crippen LogP contribution < -0.4 is 5.32 Å². The van der Waals surface area contributed by atoms with E-state index in [0.29, 0.717) is 11.9 Å². The Bertz CT molecular complexity index is 409. The lowest BCUT2D eigenvalue weighted by Crippen LogP contribution is -2.38. The molecule has 0 aromatic carbocycles. The maximum absolute atomic E-state index is 10.7. The minimum Gasteiger partial charge on any atom is -0.475 e. The quantitative estimate of drug-likeness (QED) is 0.846. The second kappa shape index (κ2) is 4.43. The van der Waals surface area contributed by atoms with Gasteiger partial charge >= 0.3 is 5.97 Å². The Kier molecular flexibility index (Phi) is 3.13. The molecule has 1 atom stereocenters. The molecule has 0 bridgehead atoms. The maximum atomic E-state index is 10.7. The fourth-order valence-corrected chi connectivity index (χ4v) is 2.46. The van der Waals surface area contributed by atoms with Crippen molar-refractivity contribution in [3.8, 4) is 0 Å². The van der Waals surface area contributed by atoms with Crippen molar-refractivity contribution in [2.45, 2.75) is 45.6 Å². The molecule has 1 aliphatic rings. The highest BCUT2D eigenvalue weighted by atomic mass is 16.4. The van der Waals surface area contributed by atoms with Crippen LogP contribution in [-0.2, 0) is 0 Å². The first kappa shape index (κ1) is 12.0. The van der Waals surface area contributed by atoms with Crippen molar-refractivity contribution in [2.24, 2.45) is 5.41 Å². The number of furan rings is 1. The van der Waals surface area contributed by atoms with E-state index in [-0.39, 0.29) is 11.2 Å². The summed E-state index contributed by atoms with van der Waals surface area (Å²) in [6, 6.07) is 3.53. The first-order valence-corrected chi connectivity index (χ1v) is 6.09. The normalized spacial score (nSPS) is 23.3. The number of aromatic carboxylic acids is 1. The third-order valence-electron chi connectivity index (χ3n) is 3.64. The van der Waals surface area contributed by atoms with E-state index in [1.54, 1.807) is 6.07 Å². The van der Waals surface area contributed by atoms with E-state index >= 15 is 0 Å². The lowest BCUT2D eigenvalue weighted by molar-refractivity contribution is 0.0663. The summed E-state index contributed by atoms with van der Waals surface area (Å²) in [7, 11) is 0. The van der Waals surface area contributed by atoms with Gasteiger partial charge < -0.3 is 14.8 Å². The molecule has 4 nitrogen and oxygen atoms in total. The monoisotopic (exact) mass is 237 g/mol. The molecule has 0 spiro atoms. The molecule has 1 aromatic heterocycles. The van der Waals surface area contributed by atoms with Crippen molar-refractivity contribution in [2.75, 3.05) is 5.32 Å². The number of hydrogen-bond acceptors (Lipinski definition) is 3. The smallest absolute Gasteiger partial charge is 0.371 e. The van der Waals surface area contributed by atoms with E-state index in [1.165, 1.54) is 25.3 Å². The molecule has 0 amide bonds. The Labute approximate surface area is 101 Å². The van der Waals surface area contributed by atoms with Gasteiger partial charge in [0.1, 0.15) is 0 Å². The summed E-state index contributed by atoms with van der Waals surface area (Å²) in [6.45, 7) is 4.48. The van der Waals surface area contributed by atoms with Crippen LogP contribution in [0.25, 0.3) is 0 Å². The summed E-state index contributed by atoms with van der Waals surface area (Å²) < 4.78 is 5.23. The molecule has 1 heterocycles. The zero-order valence-electron chi connectivity index (χ0n) is 10.3. The van der Waals surface area contributed by atoms with E-state index in [0.717, 1.165) is 6.42 Å². The molecule has 17 heavy (non-hydrogen) atoms. The molecule has 1 fully saturated rings. The van der Waals surface area contributed by atoms with Gasteiger partial charge in [-0.2, -0.15) is 0 Å². The summed E-state index contributed by atoms with van der Waals surface area (Å²) in [5.74, 6) is -0.482. The third-order valence-corrected chi connectivity index (χ3v) is 3.64. The van der Waals surface area contributed by atoms with E-state index < -0.39 is 5.97 Å². The number of carboxylic acid groups (broad SMARTS) is 1. The summed E-state index contributed by atoms with van der Waals surface area (Å²) >= 11 is 0. The highest BCUT2D eigenvalue weighted by Gasteiger charge is 2.32. The second-order valence-electron chi connectivity index (χ2n) is 5.40. The number of nitrogens with one attached hydrogen (secondary N) is 1. The molecule has 0 radical (unpaired) electrons. The van der Waals surface area contributed by atoms with Gasteiger partial charge in [0.05, 0.1) is 0 Å². The fourth-order valence-electron chi connectivity index (χ4n) is 2.46. The van der Waals surface area contributed by atoms with Crippen LogP contribution in [0.2, 0.25) is 0 Å². The van der Waals surface area contributed by atoms with Crippen molar-refractivity contribution in [3.63, 3.8) is 0 Å². The van der Waals surface area contributed by atoms with Crippen LogP contribution in [-0.4, -0.2) is 17.1 Å². The zero-order chi connectivity index (χ0) is 12.5. The van der Waals surface area contributed by atoms with Crippen molar-refractivity contribution < 1.29 is 14.3 Å². The molecule has 2 N–H and O–H groups in total. The molecular formula is C13H19NO3. The van der Waals surface area contributed by atoms with Crippen molar-refractivity contribution in [1.29, 1.82) is 0 Å². The standard InChI is InChI=1S/C13H19NO3/c1-13(2)8-4-3-5-10(13)14-11-7-6-9(17-11)12(15)16/h6-7,10,14H,3-5,8H2,1-2H3,(H,15,16). The van der Waals surface area contributed by atoms with Crippen LogP contribution in [0.4, 0.5) is 5.88 Å². The summed E-state index contributed by atoms with van der Waals surface area (Å²) in [5.41, 5.74) is 0.231. The van der Waals surface area contributed by atoms with Gasteiger partial charge in [-0.3, -0.25) is 0 Å². The highest BCUT2D eigenvalue weighted by Crippen LogP contribution is 2.37. The molecule has 0 aliphatic heterocycles. The number of carbonyl (C=O) groups is 1. The van der Waals surface area contributed by atoms with E-state index in [9.17, 15) is 4.79 Å². The Morgan fingerprint density at radius 1 is 1.47 bits per heavy atom. The lowest BCUT2D eigenvalue weighted by Gasteiger charge is -2.38. The Morgan fingerprint density at radius 3 is 2.82 bits per heavy atom. The van der Waals surface area contributed by atoms with Crippen LogP contribution in [0.1, 0.15) is 50.1 Å². The van der Waals surface area contributed by atoms with Crippen LogP contribution in [0, 0.1) is 5.41 Å². The molecule has 94 valence electrons. The predicted octanol–water partition coefficient (Wildman–Crippen LogP) is 3.36. The molecule has 4 heteroatoms. The molecule has 1 aliphatic carbocycles. The van der Waals surface area contributed by atoms with Crippen molar-refractivity contribution in [3.05, 3.63) is 17.9 Å². The largest absolute Gasteiger partial charge is 0.475 e. The number of rotatable bonds is 3. The van der Waals surface area contributed by atoms with Crippen molar-refractivity contribution in [1.82, 2.24) is 0 Å². The Balaban J connectivity index is 2.06. The van der Waals surface area contributed by atoms with Gasteiger partial charge in [-0.15, -0.1) is 0 Å². The van der Waals surface area contributed by atoms with Crippen LogP contribution in [0.5, 0.6) is 0 Å². The minimum atomic E-state index is -1.03. The average molecular weight is 237 g/mol. The fraction of sp³-hybridized carbons (Fsp3) is 0.615. The Hall–Kier alpha value is -1.45. The minimum absolute atomic E-state index is 0.0129. The topological polar surface area (TPSA) is 62.5 Å². The average Bonchev–Trinajstić information content (AvgIpc) is 2.70. The first-order chi connectivity index (χ1) is 7.99. The lowest BCUT2D eigenvalue weighted by atomic mass is 9.73. The molecule has 0 saturated heterocycles. The molecular weight excluding hydrogens is 218 g/mol. The number of anilines is 1. The molecule has 1 saturated carbocycles. The first-order valence-electron chi connectivity index (χ1n) is 6.09.